The van der Waals surface area contributed by atoms with E-state index < -0.39 is 17.7 Å². The normalized spacial score (nSPS) is 19.2. The fourth-order valence-corrected chi connectivity index (χ4v) is 6.92. The number of rotatable bonds is 8. The van der Waals surface area contributed by atoms with Crippen molar-refractivity contribution < 1.29 is 28.6 Å². The first-order chi connectivity index (χ1) is 20.3. The number of hydrogen-bond acceptors (Lipinski definition) is 9. The first-order valence-corrected chi connectivity index (χ1v) is 15.2. The molecule has 1 N–H and O–H groups in total. The molecule has 3 heterocycles. The number of anilines is 1. The number of fused-ring (bicyclic) bond motifs is 1. The summed E-state index contributed by atoms with van der Waals surface area (Å²) in [6.45, 7) is 4.26. The molecule has 8 nitrogen and oxygen atoms in total. The van der Waals surface area contributed by atoms with Crippen LogP contribution in [0.15, 0.2) is 76.6 Å². The first-order valence-electron chi connectivity index (χ1n) is 13.4. The minimum Gasteiger partial charge on any atom is -0.507 e. The zero-order valence-corrected chi connectivity index (χ0v) is 24.4. The fourth-order valence-electron chi connectivity index (χ4n) is 5.10. The van der Waals surface area contributed by atoms with E-state index in [4.69, 9.17) is 9.47 Å². The number of aliphatic hydroxyl groups is 1. The largest absolute Gasteiger partial charge is 0.507 e. The van der Waals surface area contributed by atoms with Crippen molar-refractivity contribution in [2.24, 2.45) is 0 Å². The van der Waals surface area contributed by atoms with E-state index in [0.717, 1.165) is 28.2 Å². The number of carbonyl (C=O) groups is 2. The topological polar surface area (TPSA) is 102 Å². The highest BCUT2D eigenvalue weighted by atomic mass is 32.2. The Balaban J connectivity index is 1.39. The van der Waals surface area contributed by atoms with Crippen LogP contribution in [0, 0.1) is 5.82 Å². The van der Waals surface area contributed by atoms with Crippen molar-refractivity contribution in [3.05, 3.63) is 100 Å². The Morgan fingerprint density at radius 3 is 2.74 bits per heavy atom. The molecule has 1 amide bonds. The third-order valence-electron chi connectivity index (χ3n) is 6.98. The maximum absolute atomic E-state index is 13.6. The predicted molar refractivity (Wildman–Crippen MR) is 158 cm³/mol. The Bertz CT molecular complexity index is 1700. The average molecular weight is 604 g/mol. The zero-order valence-electron chi connectivity index (χ0n) is 22.7. The highest BCUT2D eigenvalue weighted by Gasteiger charge is 2.48. The number of aliphatic hydroxyl groups excluding tert-OH is 1. The minimum atomic E-state index is -0.961. The van der Waals surface area contributed by atoms with Gasteiger partial charge in [0.15, 0.2) is 4.34 Å². The number of carbonyl (C=O) groups excluding carboxylic acids is 2. The second-order valence-corrected chi connectivity index (χ2v) is 12.1. The summed E-state index contributed by atoms with van der Waals surface area (Å²) >= 11 is 2.55. The number of hydrogen-bond donors (Lipinski definition) is 1. The van der Waals surface area contributed by atoms with Gasteiger partial charge in [0.2, 0.25) is 5.13 Å². The van der Waals surface area contributed by atoms with E-state index >= 15 is 0 Å². The number of amides is 1. The maximum atomic E-state index is 13.6. The summed E-state index contributed by atoms with van der Waals surface area (Å²) in [6.07, 6.45) is 0.685. The summed E-state index contributed by atoms with van der Waals surface area (Å²) in [5, 5.41) is 20.3. The van der Waals surface area contributed by atoms with Gasteiger partial charge in [-0.05, 0) is 73.0 Å². The average Bonchev–Trinajstić information content (AvgIpc) is 3.67. The van der Waals surface area contributed by atoms with Crippen molar-refractivity contribution in [3.63, 3.8) is 0 Å². The van der Waals surface area contributed by atoms with Crippen LogP contribution in [-0.2, 0) is 21.8 Å². The molecule has 214 valence electrons. The Hall–Kier alpha value is -4.22. The van der Waals surface area contributed by atoms with Crippen LogP contribution >= 0.6 is 23.1 Å². The molecule has 0 spiro atoms. The summed E-state index contributed by atoms with van der Waals surface area (Å²) in [4.78, 5) is 28.4. The van der Waals surface area contributed by atoms with Gasteiger partial charge in [0, 0.05) is 17.7 Å². The molecular formula is C31H26FN3O5S2. The molecule has 3 aromatic carbocycles. The van der Waals surface area contributed by atoms with E-state index in [1.165, 1.54) is 28.8 Å². The molecule has 0 unspecified atom stereocenters. The lowest BCUT2D eigenvalue weighted by atomic mass is 9.94. The van der Waals surface area contributed by atoms with Crippen molar-refractivity contribution >= 4 is 45.7 Å². The van der Waals surface area contributed by atoms with Crippen molar-refractivity contribution in [1.82, 2.24) is 10.2 Å². The molecule has 2 aliphatic heterocycles. The van der Waals surface area contributed by atoms with Crippen molar-refractivity contribution in [1.29, 1.82) is 0 Å². The molecular weight excluding hydrogens is 577 g/mol. The van der Waals surface area contributed by atoms with Gasteiger partial charge >= 0.3 is 5.91 Å². The van der Waals surface area contributed by atoms with E-state index in [2.05, 4.69) is 10.2 Å². The second-order valence-electron chi connectivity index (χ2n) is 9.90. The number of Topliss-reactive ketones (excluding diaryl/α,β-unsaturated/α-hetero) is 1. The molecule has 0 bridgehead atoms. The molecule has 0 aliphatic carbocycles. The third-order valence-corrected chi connectivity index (χ3v) is 9.10. The van der Waals surface area contributed by atoms with Crippen molar-refractivity contribution in [2.75, 3.05) is 11.5 Å². The van der Waals surface area contributed by atoms with Crippen LogP contribution < -0.4 is 14.4 Å². The van der Waals surface area contributed by atoms with Crippen molar-refractivity contribution in [2.45, 2.75) is 42.5 Å². The highest BCUT2D eigenvalue weighted by molar-refractivity contribution is 8.00. The Morgan fingerprint density at radius 1 is 1.14 bits per heavy atom. The van der Waals surface area contributed by atoms with Gasteiger partial charge in [-0.3, -0.25) is 14.5 Å². The molecule has 2 aliphatic rings. The van der Waals surface area contributed by atoms with Crippen LogP contribution in [0.25, 0.3) is 5.76 Å². The van der Waals surface area contributed by atoms with E-state index in [0.29, 0.717) is 40.0 Å². The number of ketones is 1. The van der Waals surface area contributed by atoms with E-state index in [1.54, 1.807) is 54.6 Å². The molecule has 0 saturated carbocycles. The van der Waals surface area contributed by atoms with Gasteiger partial charge in [-0.15, -0.1) is 10.2 Å². The molecule has 0 radical (unpaired) electrons. The van der Waals surface area contributed by atoms with E-state index in [-0.39, 0.29) is 28.4 Å². The monoisotopic (exact) mass is 603 g/mol. The number of halogens is 1. The number of nitrogens with zero attached hydrogens (tertiary/aromatic N) is 3. The number of ether oxygens (including phenoxy) is 2. The van der Waals surface area contributed by atoms with Crippen molar-refractivity contribution in [3.8, 4) is 11.5 Å². The molecule has 6 rings (SSSR count). The SMILES string of the molecule is CCOc1cccc([C@@H]2C(=C(O)c3ccc4c(c3)C[C@H](C)O4)C(=O)C(=O)N2c2nnc(SCc3ccc(F)cc3)s2)c1. The highest BCUT2D eigenvalue weighted by Crippen LogP contribution is 2.45. The quantitative estimate of drug-likeness (QED) is 0.0821. The van der Waals surface area contributed by atoms with Crippen LogP contribution in [0.1, 0.15) is 42.1 Å². The van der Waals surface area contributed by atoms with E-state index in [9.17, 15) is 19.1 Å². The number of benzene rings is 3. The Morgan fingerprint density at radius 2 is 1.95 bits per heavy atom. The molecule has 1 saturated heterocycles. The molecule has 2 atom stereocenters. The standard InChI is InChI=1S/C31H26FN3O5S2/c1-3-39-23-6-4-5-19(15-23)26-25(27(36)20-9-12-24-21(14-20)13-17(2)40-24)28(37)29(38)35(26)30-33-34-31(42-30)41-16-18-7-10-22(32)11-8-18/h4-12,14-15,17,26,36H,3,13,16H2,1-2H3/t17-,26+/m0/s1. The summed E-state index contributed by atoms with van der Waals surface area (Å²) in [5.41, 5.74) is 2.78. The third kappa shape index (κ3) is 5.37. The van der Waals surface area contributed by atoms with Gasteiger partial charge in [-0.25, -0.2) is 4.39 Å². The van der Waals surface area contributed by atoms with Gasteiger partial charge < -0.3 is 14.6 Å². The number of thioether (sulfide) groups is 1. The van der Waals surface area contributed by atoms with Crippen LogP contribution in [0.2, 0.25) is 0 Å². The number of aromatic nitrogens is 2. The summed E-state index contributed by atoms with van der Waals surface area (Å²) in [6, 6.07) is 17.6. The van der Waals surface area contributed by atoms with Crippen LogP contribution in [-0.4, -0.2) is 39.7 Å². The van der Waals surface area contributed by atoms with Crippen LogP contribution in [0.3, 0.4) is 0 Å². The predicted octanol–water partition coefficient (Wildman–Crippen LogP) is 6.32. The molecule has 1 aromatic heterocycles. The lowest BCUT2D eigenvalue weighted by Crippen LogP contribution is -2.29. The molecule has 42 heavy (non-hydrogen) atoms. The van der Waals surface area contributed by atoms with Gasteiger partial charge in [0.1, 0.15) is 29.2 Å². The van der Waals surface area contributed by atoms with Crippen LogP contribution in [0.5, 0.6) is 11.5 Å². The first kappa shape index (κ1) is 27.9. The molecule has 11 heteroatoms. The maximum Gasteiger partial charge on any atom is 0.301 e. The lowest BCUT2D eigenvalue weighted by Gasteiger charge is -2.23. The van der Waals surface area contributed by atoms with E-state index in [1.807, 2.05) is 13.8 Å². The lowest BCUT2D eigenvalue weighted by molar-refractivity contribution is -0.132. The Kier molecular flexibility index (Phi) is 7.70. The van der Waals surface area contributed by atoms with Gasteiger partial charge in [0.05, 0.1) is 18.2 Å². The van der Waals surface area contributed by atoms with Crippen LogP contribution in [0.4, 0.5) is 9.52 Å². The Labute approximate surface area is 249 Å². The molecule has 4 aromatic rings. The smallest absolute Gasteiger partial charge is 0.301 e. The summed E-state index contributed by atoms with van der Waals surface area (Å²) < 4.78 is 25.3. The molecule has 1 fully saturated rings. The summed E-state index contributed by atoms with van der Waals surface area (Å²) in [5.74, 6) is -0.396. The summed E-state index contributed by atoms with van der Waals surface area (Å²) in [7, 11) is 0. The van der Waals surface area contributed by atoms with Gasteiger partial charge in [0.25, 0.3) is 5.78 Å². The zero-order chi connectivity index (χ0) is 29.4. The minimum absolute atomic E-state index is 0.0109. The second kappa shape index (κ2) is 11.6. The fraction of sp³-hybridized carbons (Fsp3) is 0.226. The van der Waals surface area contributed by atoms with Gasteiger partial charge in [-0.2, -0.15) is 0 Å². The van der Waals surface area contributed by atoms with Gasteiger partial charge in [-0.1, -0.05) is 47.4 Å².